The van der Waals surface area contributed by atoms with Gasteiger partial charge in [0.25, 0.3) is 5.91 Å². The van der Waals surface area contributed by atoms with Crippen LogP contribution in [0.25, 0.3) is 11.0 Å². The number of amides is 2. The molecule has 2 amide bonds. The fraction of sp³-hybridized carbons (Fsp3) is 0.226. The van der Waals surface area contributed by atoms with Crippen molar-refractivity contribution in [2.75, 3.05) is 11.9 Å². The molecule has 0 aliphatic rings. The molecule has 0 bridgehead atoms. The van der Waals surface area contributed by atoms with E-state index in [9.17, 15) is 19.5 Å². The minimum atomic E-state index is -1.19. The smallest absolute Gasteiger partial charge is 0.251 e. The van der Waals surface area contributed by atoms with Crippen LogP contribution in [0.1, 0.15) is 47.1 Å². The fourth-order valence-electron chi connectivity index (χ4n) is 4.04. The summed E-state index contributed by atoms with van der Waals surface area (Å²) in [5.41, 5.74) is 4.32. The number of aryl methyl sites for hydroxylation is 1. The fourth-order valence-corrected chi connectivity index (χ4v) is 4.04. The molecule has 0 saturated carbocycles. The van der Waals surface area contributed by atoms with E-state index in [1.165, 1.54) is 6.92 Å². The van der Waals surface area contributed by atoms with Gasteiger partial charge in [0.2, 0.25) is 5.91 Å². The van der Waals surface area contributed by atoms with Crippen LogP contribution < -0.4 is 10.6 Å². The highest BCUT2D eigenvalue weighted by molar-refractivity contribution is 5.98. The Balaban J connectivity index is 1.25. The van der Waals surface area contributed by atoms with E-state index in [0.29, 0.717) is 36.1 Å². The van der Waals surface area contributed by atoms with Crippen LogP contribution in [-0.2, 0) is 16.0 Å². The van der Waals surface area contributed by atoms with Gasteiger partial charge in [0.1, 0.15) is 18.5 Å². The van der Waals surface area contributed by atoms with Crippen LogP contribution in [0, 0.1) is 11.8 Å². The van der Waals surface area contributed by atoms with Crippen LogP contribution in [0.5, 0.6) is 0 Å². The lowest BCUT2D eigenvalue weighted by atomic mass is 10.1. The third-order valence-corrected chi connectivity index (χ3v) is 6.19. The molecule has 1 heterocycles. The van der Waals surface area contributed by atoms with Gasteiger partial charge in [-0.05, 0) is 74.0 Å². The van der Waals surface area contributed by atoms with E-state index in [-0.39, 0.29) is 5.91 Å². The number of carbonyl (C=O) groups excluding carboxylic acids is 3. The van der Waals surface area contributed by atoms with Crippen molar-refractivity contribution in [2.45, 2.75) is 38.3 Å². The molecule has 0 fully saturated rings. The van der Waals surface area contributed by atoms with Crippen molar-refractivity contribution >= 4 is 34.3 Å². The molecule has 0 saturated heterocycles. The first-order chi connectivity index (χ1) is 19.3. The number of nitrogens with one attached hydrogen (secondary N) is 3. The Morgan fingerprint density at radius 3 is 2.23 bits per heavy atom. The molecule has 3 aromatic carbocycles. The first-order valence-corrected chi connectivity index (χ1v) is 12.9. The number of anilines is 1. The maximum Gasteiger partial charge on any atom is 0.251 e. The van der Waals surface area contributed by atoms with Crippen LogP contribution in [0.3, 0.4) is 0 Å². The number of rotatable bonds is 10. The highest BCUT2D eigenvalue weighted by atomic mass is 16.3. The van der Waals surface area contributed by atoms with Crippen molar-refractivity contribution < 1.29 is 24.6 Å². The number of ketones is 1. The number of benzene rings is 3. The largest absolute Gasteiger partial charge is 0.391 e. The summed E-state index contributed by atoms with van der Waals surface area (Å²) in [6, 6.07) is 20.3. The number of imidazole rings is 1. The molecule has 0 aliphatic carbocycles. The highest BCUT2D eigenvalue weighted by Crippen LogP contribution is 2.14. The quantitative estimate of drug-likeness (QED) is 0.196. The van der Waals surface area contributed by atoms with Crippen LogP contribution in [0.2, 0.25) is 0 Å². The Labute approximate surface area is 231 Å². The summed E-state index contributed by atoms with van der Waals surface area (Å²) in [4.78, 5) is 44.3. The normalized spacial score (nSPS) is 12.2. The minimum Gasteiger partial charge on any atom is -0.391 e. The van der Waals surface area contributed by atoms with Gasteiger partial charge >= 0.3 is 0 Å². The van der Waals surface area contributed by atoms with Crippen LogP contribution >= 0.6 is 0 Å². The van der Waals surface area contributed by atoms with Gasteiger partial charge in [-0.2, -0.15) is 0 Å². The molecule has 0 unspecified atom stereocenters. The number of aromatic amines is 1. The summed E-state index contributed by atoms with van der Waals surface area (Å²) in [7, 11) is 0. The second-order valence-electron chi connectivity index (χ2n) is 9.32. The van der Waals surface area contributed by atoms with Crippen LogP contribution in [-0.4, -0.2) is 56.5 Å². The van der Waals surface area contributed by atoms with Gasteiger partial charge in [0.15, 0.2) is 5.78 Å². The number of nitrogens with zero attached hydrogens (tertiary/aromatic N) is 1. The van der Waals surface area contributed by atoms with Gasteiger partial charge in [-0.15, -0.1) is 0 Å². The first kappa shape index (κ1) is 28.2. The predicted molar refractivity (Wildman–Crippen MR) is 152 cm³/mol. The van der Waals surface area contributed by atoms with Gasteiger partial charge < -0.3 is 25.8 Å². The summed E-state index contributed by atoms with van der Waals surface area (Å²) < 4.78 is 0. The Morgan fingerprint density at radius 2 is 1.60 bits per heavy atom. The molecule has 2 atom stereocenters. The topological polar surface area (TPSA) is 144 Å². The second kappa shape index (κ2) is 13.3. The van der Waals surface area contributed by atoms with Gasteiger partial charge in [0, 0.05) is 35.2 Å². The van der Waals surface area contributed by atoms with Crippen LogP contribution in [0.4, 0.5) is 5.69 Å². The van der Waals surface area contributed by atoms with E-state index < -0.39 is 30.4 Å². The number of Topliss-reactive ketones (excluding diaryl/α,β-unsaturated/α-hetero) is 1. The lowest BCUT2D eigenvalue weighted by Crippen LogP contribution is -2.48. The Morgan fingerprint density at radius 1 is 0.950 bits per heavy atom. The summed E-state index contributed by atoms with van der Waals surface area (Å²) in [5.74, 6) is 5.65. The summed E-state index contributed by atoms with van der Waals surface area (Å²) in [6.07, 6.45) is 0.609. The lowest BCUT2D eigenvalue weighted by Gasteiger charge is -2.19. The molecular formula is C31H30N4O5. The molecule has 0 spiro atoms. The molecule has 4 aromatic rings. The van der Waals surface area contributed by atoms with Crippen molar-refractivity contribution in [2.24, 2.45) is 0 Å². The van der Waals surface area contributed by atoms with E-state index in [4.69, 9.17) is 5.11 Å². The van der Waals surface area contributed by atoms with E-state index in [1.807, 2.05) is 36.4 Å². The van der Waals surface area contributed by atoms with E-state index in [0.717, 1.165) is 22.4 Å². The maximum absolute atomic E-state index is 12.4. The van der Waals surface area contributed by atoms with Gasteiger partial charge in [0.05, 0.1) is 17.1 Å². The predicted octanol–water partition coefficient (Wildman–Crippen LogP) is 2.96. The van der Waals surface area contributed by atoms with Gasteiger partial charge in [-0.1, -0.05) is 24.0 Å². The van der Waals surface area contributed by atoms with E-state index in [2.05, 4.69) is 32.4 Å². The number of aromatic nitrogens is 2. The number of para-hydroxylation sites is 2. The zero-order valence-electron chi connectivity index (χ0n) is 22.0. The summed E-state index contributed by atoms with van der Waals surface area (Å²) in [5, 5.41) is 24.0. The van der Waals surface area contributed by atoms with Gasteiger partial charge in [-0.3, -0.25) is 14.4 Å². The number of H-pyrrole nitrogens is 1. The minimum absolute atomic E-state index is 0.0698. The molecule has 40 heavy (non-hydrogen) atoms. The third-order valence-electron chi connectivity index (χ3n) is 6.19. The SMILES string of the molecule is C[C@@H](O)[C@H](NC(=O)c1ccc(C#Cc2ccc(NC(=O)CCCc3nc4ccccc4[nH]3)cc2)cc1)C(=O)CO. The molecule has 4 rings (SSSR count). The monoisotopic (exact) mass is 538 g/mol. The van der Waals surface area contributed by atoms with Crippen LogP contribution in [0.15, 0.2) is 72.8 Å². The van der Waals surface area contributed by atoms with Crippen molar-refractivity contribution in [3.8, 4) is 11.8 Å². The zero-order chi connectivity index (χ0) is 28.5. The van der Waals surface area contributed by atoms with Crippen molar-refractivity contribution in [3.05, 3.63) is 95.3 Å². The van der Waals surface area contributed by atoms with Gasteiger partial charge in [-0.25, -0.2) is 4.98 Å². The lowest BCUT2D eigenvalue weighted by molar-refractivity contribution is -0.126. The maximum atomic E-state index is 12.4. The van der Waals surface area contributed by atoms with Crippen molar-refractivity contribution in [1.82, 2.24) is 15.3 Å². The average Bonchev–Trinajstić information content (AvgIpc) is 3.38. The molecule has 5 N–H and O–H groups in total. The second-order valence-corrected chi connectivity index (χ2v) is 9.32. The third kappa shape index (κ3) is 7.63. The molecular weight excluding hydrogens is 508 g/mol. The average molecular weight is 539 g/mol. The number of fused-ring (bicyclic) bond motifs is 1. The Bertz CT molecular complexity index is 1510. The zero-order valence-corrected chi connectivity index (χ0v) is 22.0. The first-order valence-electron chi connectivity index (χ1n) is 12.9. The molecule has 1 aromatic heterocycles. The Kier molecular flexibility index (Phi) is 9.41. The molecule has 204 valence electrons. The number of hydrogen-bond acceptors (Lipinski definition) is 6. The molecule has 0 aliphatic heterocycles. The standard InChI is InChI=1S/C31H30N4O5/c1-20(37)30(27(38)19-36)35-31(40)23-15-11-21(12-16-23)9-10-22-13-17-24(18-14-22)32-29(39)8-4-7-28-33-25-5-2-3-6-26(25)34-28/h2-3,5-6,11-18,20,30,36-37H,4,7-8,19H2,1H3,(H,32,39)(H,33,34)(H,35,40)/t20-,30+/m1/s1. The van der Waals surface area contributed by atoms with Crippen molar-refractivity contribution in [3.63, 3.8) is 0 Å². The molecule has 9 nitrogen and oxygen atoms in total. The number of carbonyl (C=O) groups is 3. The highest BCUT2D eigenvalue weighted by Gasteiger charge is 2.25. The number of aliphatic hydroxyl groups excluding tert-OH is 2. The summed E-state index contributed by atoms with van der Waals surface area (Å²) >= 11 is 0. The van der Waals surface area contributed by atoms with Crippen molar-refractivity contribution in [1.29, 1.82) is 0 Å². The Hall–Kier alpha value is -4.78. The number of hydrogen-bond donors (Lipinski definition) is 5. The van der Waals surface area contributed by atoms with E-state index in [1.54, 1.807) is 36.4 Å². The molecule has 9 heteroatoms. The van der Waals surface area contributed by atoms with E-state index >= 15 is 0 Å². The summed E-state index contributed by atoms with van der Waals surface area (Å²) in [6.45, 7) is 0.588. The number of aliphatic hydroxyl groups is 2. The molecule has 0 radical (unpaired) electrons.